The number of benzene rings is 3. The van der Waals surface area contributed by atoms with Crippen molar-refractivity contribution in [2.75, 3.05) is 16.4 Å². The fourth-order valence-electron chi connectivity index (χ4n) is 2.93. The second-order valence-corrected chi connectivity index (χ2v) is 10.0. The van der Waals surface area contributed by atoms with Crippen molar-refractivity contribution in [2.24, 2.45) is 0 Å². The van der Waals surface area contributed by atoms with E-state index >= 15 is 0 Å². The smallest absolute Gasteiger partial charge is 0.255 e. The molecule has 4 rings (SSSR count). The third-order valence-electron chi connectivity index (χ3n) is 4.69. The number of aromatic nitrogens is 1. The normalized spacial score (nSPS) is 10.6. The number of halogens is 1. The van der Waals surface area contributed by atoms with Gasteiger partial charge in [0, 0.05) is 31.6 Å². The highest BCUT2D eigenvalue weighted by molar-refractivity contribution is 9.10. The predicted molar refractivity (Wildman–Crippen MR) is 140 cm³/mol. The molecule has 8 heteroatoms. The zero-order chi connectivity index (χ0) is 23.2. The third kappa shape index (κ3) is 6.54. The molecular formula is C25H20BrN3O2S2. The summed E-state index contributed by atoms with van der Waals surface area (Å²) in [5, 5.41) is 8.24. The number of nitrogens with one attached hydrogen (secondary N) is 2. The highest BCUT2D eigenvalue weighted by Crippen LogP contribution is 2.27. The Morgan fingerprint density at radius 3 is 2.33 bits per heavy atom. The Balaban J connectivity index is 1.27. The lowest BCUT2D eigenvalue weighted by atomic mass is 10.1. The van der Waals surface area contributed by atoms with Crippen molar-refractivity contribution in [3.8, 4) is 11.3 Å². The second-order valence-electron chi connectivity index (χ2n) is 7.23. The summed E-state index contributed by atoms with van der Waals surface area (Å²) in [4.78, 5) is 30.1. The summed E-state index contributed by atoms with van der Waals surface area (Å²) >= 11 is 6.25. The van der Waals surface area contributed by atoms with Gasteiger partial charge in [0.25, 0.3) is 5.91 Å². The summed E-state index contributed by atoms with van der Waals surface area (Å²) < 4.78 is 1.01. The van der Waals surface area contributed by atoms with Crippen molar-refractivity contribution in [3.63, 3.8) is 0 Å². The van der Waals surface area contributed by atoms with E-state index in [0.29, 0.717) is 16.4 Å². The first-order valence-electron chi connectivity index (χ1n) is 10.1. The monoisotopic (exact) mass is 537 g/mol. The van der Waals surface area contributed by atoms with Crippen LogP contribution in [-0.2, 0) is 4.79 Å². The number of carbonyl (C=O) groups is 2. The lowest BCUT2D eigenvalue weighted by molar-refractivity contribution is -0.113. The molecule has 0 unspecified atom stereocenters. The maximum Gasteiger partial charge on any atom is 0.255 e. The van der Waals surface area contributed by atoms with Gasteiger partial charge in [0.2, 0.25) is 5.91 Å². The van der Waals surface area contributed by atoms with E-state index in [-0.39, 0.29) is 17.6 Å². The molecule has 0 atom stereocenters. The number of rotatable bonds is 7. The first-order valence-corrected chi connectivity index (χ1v) is 12.7. The Hall–Kier alpha value is -2.94. The Labute approximate surface area is 208 Å². The molecule has 0 spiro atoms. The average molecular weight is 538 g/mol. The van der Waals surface area contributed by atoms with Gasteiger partial charge in [-0.15, -0.1) is 23.1 Å². The van der Waals surface area contributed by atoms with E-state index in [4.69, 9.17) is 0 Å². The average Bonchev–Trinajstić information content (AvgIpc) is 3.28. The van der Waals surface area contributed by atoms with Gasteiger partial charge in [0.15, 0.2) is 5.13 Å². The molecule has 2 N–H and O–H groups in total. The van der Waals surface area contributed by atoms with E-state index in [1.165, 1.54) is 23.1 Å². The molecule has 0 aliphatic rings. The largest absolute Gasteiger partial charge is 0.322 e. The molecule has 0 aliphatic heterocycles. The summed E-state index contributed by atoms with van der Waals surface area (Å²) in [7, 11) is 0. The van der Waals surface area contributed by atoms with Gasteiger partial charge in [-0.25, -0.2) is 4.98 Å². The first kappa shape index (κ1) is 23.2. The number of hydrogen-bond acceptors (Lipinski definition) is 5. The van der Waals surface area contributed by atoms with Crippen molar-refractivity contribution in [1.82, 2.24) is 4.98 Å². The van der Waals surface area contributed by atoms with Gasteiger partial charge < -0.3 is 10.6 Å². The molecule has 1 aromatic heterocycles. The topological polar surface area (TPSA) is 71.1 Å². The van der Waals surface area contributed by atoms with Crippen LogP contribution in [0.1, 0.15) is 15.9 Å². The van der Waals surface area contributed by atoms with Crippen LogP contribution in [0, 0.1) is 6.92 Å². The van der Waals surface area contributed by atoms with E-state index in [0.717, 1.165) is 26.2 Å². The molecule has 2 amide bonds. The van der Waals surface area contributed by atoms with Gasteiger partial charge in [-0.05, 0) is 55.5 Å². The van der Waals surface area contributed by atoms with E-state index in [2.05, 4.69) is 31.5 Å². The number of hydrogen-bond donors (Lipinski definition) is 2. The Morgan fingerprint density at radius 2 is 1.64 bits per heavy atom. The van der Waals surface area contributed by atoms with E-state index < -0.39 is 0 Å². The molecule has 33 heavy (non-hydrogen) atoms. The molecule has 3 aromatic carbocycles. The fourth-order valence-corrected chi connectivity index (χ4v) is 4.63. The highest BCUT2D eigenvalue weighted by atomic mass is 79.9. The van der Waals surface area contributed by atoms with Gasteiger partial charge in [-0.3, -0.25) is 9.59 Å². The summed E-state index contributed by atoms with van der Waals surface area (Å²) in [6, 6.07) is 22.7. The molecule has 0 radical (unpaired) electrons. The number of thioether (sulfide) groups is 1. The number of anilines is 2. The van der Waals surface area contributed by atoms with Crippen LogP contribution in [0.2, 0.25) is 0 Å². The number of aryl methyl sites for hydroxylation is 1. The maximum absolute atomic E-state index is 12.3. The quantitative estimate of drug-likeness (QED) is 0.252. The molecular weight excluding hydrogens is 518 g/mol. The predicted octanol–water partition coefficient (Wildman–Crippen LogP) is 6.86. The Bertz CT molecular complexity index is 1250. The van der Waals surface area contributed by atoms with Crippen molar-refractivity contribution < 1.29 is 9.59 Å². The van der Waals surface area contributed by atoms with E-state index in [9.17, 15) is 9.59 Å². The molecule has 1 heterocycles. The molecule has 0 bridgehead atoms. The van der Waals surface area contributed by atoms with Crippen molar-refractivity contribution in [1.29, 1.82) is 0 Å². The zero-order valence-electron chi connectivity index (χ0n) is 17.7. The molecule has 0 saturated heterocycles. The first-order chi connectivity index (χ1) is 16.0. The summed E-state index contributed by atoms with van der Waals surface area (Å²) in [5.41, 5.74) is 4.26. The number of nitrogens with zero attached hydrogens (tertiary/aromatic N) is 1. The van der Waals surface area contributed by atoms with Gasteiger partial charge in [-0.2, -0.15) is 0 Å². The molecule has 166 valence electrons. The Morgan fingerprint density at radius 1 is 0.939 bits per heavy atom. The van der Waals surface area contributed by atoms with Crippen molar-refractivity contribution >= 4 is 61.7 Å². The summed E-state index contributed by atoms with van der Waals surface area (Å²) in [6.45, 7) is 1.98. The van der Waals surface area contributed by atoms with Crippen LogP contribution in [0.3, 0.4) is 0 Å². The molecule has 4 aromatic rings. The lowest BCUT2D eigenvalue weighted by Gasteiger charge is -2.07. The second kappa shape index (κ2) is 10.8. The molecule has 5 nitrogen and oxygen atoms in total. The van der Waals surface area contributed by atoms with Crippen LogP contribution in [0.25, 0.3) is 11.3 Å². The highest BCUT2D eigenvalue weighted by Gasteiger charge is 2.10. The number of carbonyl (C=O) groups excluding carboxylic acids is 2. The minimum absolute atomic E-state index is 0.117. The fraction of sp³-hybridized carbons (Fsp3) is 0.0800. The van der Waals surface area contributed by atoms with Gasteiger partial charge in [-0.1, -0.05) is 45.8 Å². The third-order valence-corrected chi connectivity index (χ3v) is 6.98. The van der Waals surface area contributed by atoms with Gasteiger partial charge in [0.1, 0.15) is 0 Å². The Kier molecular flexibility index (Phi) is 7.59. The van der Waals surface area contributed by atoms with Crippen LogP contribution >= 0.6 is 39.0 Å². The van der Waals surface area contributed by atoms with Crippen molar-refractivity contribution in [3.05, 3.63) is 93.8 Å². The summed E-state index contributed by atoms with van der Waals surface area (Å²) in [6.07, 6.45) is 0. The number of thiazole rings is 1. The van der Waals surface area contributed by atoms with Crippen LogP contribution in [0.4, 0.5) is 10.8 Å². The van der Waals surface area contributed by atoms with Gasteiger partial charge >= 0.3 is 0 Å². The van der Waals surface area contributed by atoms with E-state index in [1.807, 2.05) is 73.0 Å². The summed E-state index contributed by atoms with van der Waals surface area (Å²) in [5.74, 6) is -0.00313. The zero-order valence-corrected chi connectivity index (χ0v) is 20.9. The van der Waals surface area contributed by atoms with E-state index in [1.54, 1.807) is 12.1 Å². The molecule has 0 fully saturated rings. The minimum atomic E-state index is -0.152. The molecule has 0 saturated carbocycles. The number of amides is 2. The standard InChI is InChI=1S/C25H20BrN3O2S2/c1-16-2-4-18(5-3-16)24(31)27-20-10-12-21(13-11-20)32-15-23(30)29-25-28-22(14-33-25)17-6-8-19(26)9-7-17/h2-14H,15H2,1H3,(H,27,31)(H,28,29,30). The lowest BCUT2D eigenvalue weighted by Crippen LogP contribution is -2.13. The minimum Gasteiger partial charge on any atom is -0.322 e. The molecule has 0 aliphatic carbocycles. The van der Waals surface area contributed by atoms with Gasteiger partial charge in [0.05, 0.1) is 11.4 Å². The van der Waals surface area contributed by atoms with Crippen LogP contribution in [-0.4, -0.2) is 22.6 Å². The maximum atomic E-state index is 12.3. The van der Waals surface area contributed by atoms with Crippen LogP contribution in [0.5, 0.6) is 0 Å². The van der Waals surface area contributed by atoms with Crippen molar-refractivity contribution in [2.45, 2.75) is 11.8 Å². The van der Waals surface area contributed by atoms with Crippen LogP contribution < -0.4 is 10.6 Å². The SMILES string of the molecule is Cc1ccc(C(=O)Nc2ccc(SCC(=O)Nc3nc(-c4ccc(Br)cc4)cs3)cc2)cc1. The van der Waals surface area contributed by atoms with Crippen LogP contribution in [0.15, 0.2) is 87.5 Å².